The van der Waals surface area contributed by atoms with Gasteiger partial charge in [0.25, 0.3) is 0 Å². The van der Waals surface area contributed by atoms with Crippen LogP contribution < -0.4 is 15.5 Å². The fourth-order valence-corrected chi connectivity index (χ4v) is 3.18. The molecule has 1 aromatic carbocycles. The number of benzene rings is 1. The second-order valence-electron chi connectivity index (χ2n) is 6.70. The van der Waals surface area contributed by atoms with Gasteiger partial charge in [-0.3, -0.25) is 9.48 Å². The van der Waals surface area contributed by atoms with Crippen molar-refractivity contribution in [1.82, 2.24) is 20.4 Å². The van der Waals surface area contributed by atoms with E-state index in [-0.39, 0.29) is 5.91 Å². The SMILES string of the molecule is Cc1cnn(CCNCC(=O)NC[C@@H]2CCN(c3ccccc3)C2)c1. The first-order chi connectivity index (χ1) is 12.2. The van der Waals surface area contributed by atoms with Gasteiger partial charge in [-0.15, -0.1) is 0 Å². The number of aromatic nitrogens is 2. The Labute approximate surface area is 149 Å². The van der Waals surface area contributed by atoms with Gasteiger partial charge in [0.05, 0.1) is 19.3 Å². The average Bonchev–Trinajstić information content (AvgIpc) is 3.27. The number of amides is 1. The highest BCUT2D eigenvalue weighted by Crippen LogP contribution is 2.22. The van der Waals surface area contributed by atoms with E-state index < -0.39 is 0 Å². The molecule has 1 aliphatic rings. The summed E-state index contributed by atoms with van der Waals surface area (Å²) < 4.78 is 1.89. The molecule has 2 aromatic rings. The summed E-state index contributed by atoms with van der Waals surface area (Å²) in [6.45, 7) is 6.71. The molecule has 25 heavy (non-hydrogen) atoms. The summed E-state index contributed by atoms with van der Waals surface area (Å²) in [5.41, 5.74) is 2.42. The Bertz CT molecular complexity index is 669. The fourth-order valence-electron chi connectivity index (χ4n) is 3.18. The Morgan fingerprint density at radius 2 is 2.16 bits per heavy atom. The standard InChI is InChI=1S/C19H27N5O/c1-16-11-22-24(14-16)10-8-20-13-19(25)21-12-17-7-9-23(15-17)18-5-3-2-4-6-18/h2-6,11,14,17,20H,7-10,12-13,15H2,1H3,(H,21,25)/t17-/m0/s1. The molecule has 2 N–H and O–H groups in total. The van der Waals surface area contributed by atoms with E-state index in [0.29, 0.717) is 12.5 Å². The first-order valence-corrected chi connectivity index (χ1v) is 8.97. The minimum atomic E-state index is 0.0646. The lowest BCUT2D eigenvalue weighted by Crippen LogP contribution is -2.38. The average molecular weight is 341 g/mol. The molecule has 0 bridgehead atoms. The van der Waals surface area contributed by atoms with Crippen LogP contribution in [0.5, 0.6) is 0 Å². The monoisotopic (exact) mass is 341 g/mol. The second-order valence-corrected chi connectivity index (χ2v) is 6.70. The Balaban J connectivity index is 1.29. The molecule has 0 saturated carbocycles. The van der Waals surface area contributed by atoms with Crippen molar-refractivity contribution in [1.29, 1.82) is 0 Å². The summed E-state index contributed by atoms with van der Waals surface area (Å²) in [6.07, 6.45) is 4.97. The third-order valence-corrected chi connectivity index (χ3v) is 4.56. The number of nitrogens with one attached hydrogen (secondary N) is 2. The molecule has 6 nitrogen and oxygen atoms in total. The zero-order valence-electron chi connectivity index (χ0n) is 14.8. The number of carbonyl (C=O) groups excluding carboxylic acids is 1. The molecule has 0 unspecified atom stereocenters. The van der Waals surface area contributed by atoms with Crippen LogP contribution in [0.15, 0.2) is 42.7 Å². The van der Waals surface area contributed by atoms with Gasteiger partial charge in [0.15, 0.2) is 0 Å². The smallest absolute Gasteiger partial charge is 0.233 e. The number of para-hydroxylation sites is 1. The molecule has 2 heterocycles. The van der Waals surface area contributed by atoms with Crippen LogP contribution in [0.1, 0.15) is 12.0 Å². The van der Waals surface area contributed by atoms with Gasteiger partial charge in [0.1, 0.15) is 0 Å². The van der Waals surface area contributed by atoms with Crippen LogP contribution in [0.25, 0.3) is 0 Å². The molecule has 1 atom stereocenters. The largest absolute Gasteiger partial charge is 0.371 e. The van der Waals surface area contributed by atoms with Gasteiger partial charge in [0, 0.05) is 38.1 Å². The van der Waals surface area contributed by atoms with Gasteiger partial charge >= 0.3 is 0 Å². The highest BCUT2D eigenvalue weighted by Gasteiger charge is 2.22. The van der Waals surface area contributed by atoms with Crippen molar-refractivity contribution in [3.8, 4) is 0 Å². The highest BCUT2D eigenvalue weighted by atomic mass is 16.1. The third-order valence-electron chi connectivity index (χ3n) is 4.56. The lowest BCUT2D eigenvalue weighted by atomic mass is 10.1. The Morgan fingerprint density at radius 3 is 2.92 bits per heavy atom. The topological polar surface area (TPSA) is 62.2 Å². The van der Waals surface area contributed by atoms with Crippen molar-refractivity contribution in [2.45, 2.75) is 19.9 Å². The molecule has 1 aliphatic heterocycles. The van der Waals surface area contributed by atoms with Gasteiger partial charge in [-0.1, -0.05) is 18.2 Å². The molecular formula is C19H27N5O. The predicted octanol–water partition coefficient (Wildman–Crippen LogP) is 1.42. The first kappa shape index (κ1) is 17.5. The van der Waals surface area contributed by atoms with E-state index in [9.17, 15) is 4.79 Å². The van der Waals surface area contributed by atoms with E-state index in [1.807, 2.05) is 30.1 Å². The highest BCUT2D eigenvalue weighted by molar-refractivity contribution is 5.77. The van der Waals surface area contributed by atoms with Crippen LogP contribution in [-0.2, 0) is 11.3 Å². The van der Waals surface area contributed by atoms with Gasteiger partial charge in [-0.25, -0.2) is 0 Å². The number of carbonyl (C=O) groups is 1. The van der Waals surface area contributed by atoms with Gasteiger partial charge < -0.3 is 15.5 Å². The molecule has 6 heteroatoms. The summed E-state index contributed by atoms with van der Waals surface area (Å²) in [5.74, 6) is 0.589. The summed E-state index contributed by atoms with van der Waals surface area (Å²) in [4.78, 5) is 14.3. The molecule has 1 fully saturated rings. The minimum absolute atomic E-state index is 0.0646. The zero-order valence-corrected chi connectivity index (χ0v) is 14.8. The van der Waals surface area contributed by atoms with E-state index in [1.54, 1.807) is 0 Å². The van der Waals surface area contributed by atoms with Crippen molar-refractivity contribution in [3.05, 3.63) is 48.3 Å². The Hall–Kier alpha value is -2.34. The minimum Gasteiger partial charge on any atom is -0.371 e. The lowest BCUT2D eigenvalue weighted by molar-refractivity contribution is -0.120. The molecule has 0 radical (unpaired) electrons. The molecule has 0 spiro atoms. The van der Waals surface area contributed by atoms with Crippen LogP contribution in [0.2, 0.25) is 0 Å². The van der Waals surface area contributed by atoms with Crippen molar-refractivity contribution in [2.24, 2.45) is 5.92 Å². The summed E-state index contributed by atoms with van der Waals surface area (Å²) in [5, 5.41) is 10.4. The maximum absolute atomic E-state index is 12.0. The first-order valence-electron chi connectivity index (χ1n) is 8.97. The maximum Gasteiger partial charge on any atom is 0.233 e. The van der Waals surface area contributed by atoms with Crippen LogP contribution in [-0.4, -0.2) is 48.4 Å². The molecule has 1 saturated heterocycles. The van der Waals surface area contributed by atoms with Crippen LogP contribution in [0, 0.1) is 12.8 Å². The van der Waals surface area contributed by atoms with Crippen molar-refractivity contribution in [2.75, 3.05) is 37.6 Å². The number of rotatable bonds is 8. The van der Waals surface area contributed by atoms with E-state index in [1.165, 1.54) is 5.69 Å². The van der Waals surface area contributed by atoms with Crippen molar-refractivity contribution >= 4 is 11.6 Å². The van der Waals surface area contributed by atoms with Gasteiger partial charge in [-0.2, -0.15) is 5.10 Å². The summed E-state index contributed by atoms with van der Waals surface area (Å²) in [6, 6.07) is 10.5. The quantitative estimate of drug-likeness (QED) is 0.713. The maximum atomic E-state index is 12.0. The van der Waals surface area contributed by atoms with Crippen molar-refractivity contribution < 1.29 is 4.79 Å². The predicted molar refractivity (Wildman–Crippen MR) is 99.6 cm³/mol. The molecule has 1 amide bonds. The van der Waals surface area contributed by atoms with Crippen LogP contribution in [0.4, 0.5) is 5.69 Å². The van der Waals surface area contributed by atoms with Gasteiger partial charge in [-0.05, 0) is 37.0 Å². The second kappa shape index (κ2) is 8.67. The third kappa shape index (κ3) is 5.32. The summed E-state index contributed by atoms with van der Waals surface area (Å²) in [7, 11) is 0. The Kier molecular flexibility index (Phi) is 6.06. The Morgan fingerprint density at radius 1 is 1.32 bits per heavy atom. The molecule has 0 aliphatic carbocycles. The fraction of sp³-hybridized carbons (Fsp3) is 0.474. The van der Waals surface area contributed by atoms with E-state index in [4.69, 9.17) is 0 Å². The lowest BCUT2D eigenvalue weighted by Gasteiger charge is -2.18. The van der Waals surface area contributed by atoms with E-state index in [2.05, 4.69) is 44.9 Å². The van der Waals surface area contributed by atoms with Crippen molar-refractivity contribution in [3.63, 3.8) is 0 Å². The number of nitrogens with zero attached hydrogens (tertiary/aromatic N) is 3. The number of aryl methyl sites for hydroxylation is 1. The normalized spacial score (nSPS) is 17.0. The number of hydrogen-bond acceptors (Lipinski definition) is 4. The number of hydrogen-bond donors (Lipinski definition) is 2. The van der Waals surface area contributed by atoms with Gasteiger partial charge in [0.2, 0.25) is 5.91 Å². The molecule has 3 rings (SSSR count). The molecule has 1 aromatic heterocycles. The van der Waals surface area contributed by atoms with Crippen LogP contribution in [0.3, 0.4) is 0 Å². The zero-order chi connectivity index (χ0) is 17.5. The molecular weight excluding hydrogens is 314 g/mol. The molecule has 134 valence electrons. The van der Waals surface area contributed by atoms with E-state index >= 15 is 0 Å². The summed E-state index contributed by atoms with van der Waals surface area (Å²) >= 11 is 0. The number of anilines is 1. The van der Waals surface area contributed by atoms with E-state index in [0.717, 1.165) is 44.7 Å². The van der Waals surface area contributed by atoms with Crippen LogP contribution >= 0.6 is 0 Å².